The molecule has 0 spiro atoms. The lowest BCUT2D eigenvalue weighted by molar-refractivity contribution is -0.139. The number of hydrogen-bond donors (Lipinski definition) is 2. The quantitative estimate of drug-likeness (QED) is 0.320. The van der Waals surface area contributed by atoms with Crippen LogP contribution in [-0.4, -0.2) is 43.1 Å². The molecule has 1 aromatic carbocycles. The monoisotopic (exact) mass is 418 g/mol. The van der Waals surface area contributed by atoms with E-state index in [4.69, 9.17) is 10.5 Å². The lowest BCUT2D eigenvalue weighted by atomic mass is 10.3. The van der Waals surface area contributed by atoms with Gasteiger partial charge in [-0.15, -0.1) is 10.2 Å². The van der Waals surface area contributed by atoms with E-state index in [1.54, 1.807) is 6.92 Å². The number of H-pyrrole nitrogens is 1. The molecule has 146 valence electrons. The van der Waals surface area contributed by atoms with Crippen LogP contribution in [0.2, 0.25) is 0 Å². The van der Waals surface area contributed by atoms with E-state index in [0.717, 1.165) is 5.69 Å². The van der Waals surface area contributed by atoms with E-state index in [-0.39, 0.29) is 23.1 Å². The summed E-state index contributed by atoms with van der Waals surface area (Å²) in [5.41, 5.74) is 6.17. The molecule has 0 aliphatic carbocycles. The van der Waals surface area contributed by atoms with Crippen LogP contribution in [0.5, 0.6) is 0 Å². The molecular formula is C17H18N6O3S2. The Morgan fingerprint density at radius 2 is 2.04 bits per heavy atom. The summed E-state index contributed by atoms with van der Waals surface area (Å²) in [5, 5.41) is 9.42. The summed E-state index contributed by atoms with van der Waals surface area (Å²) in [4.78, 5) is 30.0. The first-order chi connectivity index (χ1) is 13.6. The number of carbonyl (C=O) groups is 1. The zero-order valence-corrected chi connectivity index (χ0v) is 16.6. The molecule has 9 nitrogen and oxygen atoms in total. The van der Waals surface area contributed by atoms with Gasteiger partial charge in [-0.25, -0.2) is 4.98 Å². The number of nitrogen functional groups attached to an aromatic ring is 1. The summed E-state index contributed by atoms with van der Waals surface area (Å²) in [7, 11) is 0. The largest absolute Gasteiger partial charge is 0.465 e. The third kappa shape index (κ3) is 5.14. The standard InChI is InChI=1S/C17H18N6O3S2/c1-2-26-15(25)10-28-17-22-21-13(23(17)11-6-4-3-5-7-11)9-27-16-19-12(18)8-14(24)20-16/h3-8H,2,9-10H2,1H3,(H3,18,19,20,24). The highest BCUT2D eigenvalue weighted by Gasteiger charge is 2.17. The van der Waals surface area contributed by atoms with E-state index in [9.17, 15) is 9.59 Å². The van der Waals surface area contributed by atoms with Gasteiger partial charge in [0.05, 0.1) is 18.1 Å². The lowest BCUT2D eigenvalue weighted by Gasteiger charge is -2.10. The van der Waals surface area contributed by atoms with Gasteiger partial charge in [-0.2, -0.15) is 0 Å². The molecule has 2 aromatic heterocycles. The maximum absolute atomic E-state index is 11.7. The number of aromatic amines is 1. The number of thioether (sulfide) groups is 2. The fraction of sp³-hybridized carbons (Fsp3) is 0.235. The van der Waals surface area contributed by atoms with Gasteiger partial charge in [-0.3, -0.25) is 14.2 Å². The summed E-state index contributed by atoms with van der Waals surface area (Å²) in [6.07, 6.45) is 0. The van der Waals surface area contributed by atoms with Gasteiger partial charge in [0, 0.05) is 11.8 Å². The van der Waals surface area contributed by atoms with Crippen molar-refractivity contribution in [3.63, 3.8) is 0 Å². The molecule has 0 bridgehead atoms. The van der Waals surface area contributed by atoms with Gasteiger partial charge < -0.3 is 15.5 Å². The number of rotatable bonds is 8. The van der Waals surface area contributed by atoms with Crippen LogP contribution in [-0.2, 0) is 15.3 Å². The van der Waals surface area contributed by atoms with Gasteiger partial charge in [0.15, 0.2) is 10.3 Å². The Morgan fingerprint density at radius 1 is 1.25 bits per heavy atom. The molecule has 0 amide bonds. The first kappa shape index (κ1) is 20.0. The minimum atomic E-state index is -0.315. The predicted octanol–water partition coefficient (Wildman–Crippen LogP) is 1.88. The number of aromatic nitrogens is 5. The Kier molecular flexibility index (Phi) is 6.71. The third-order valence-corrected chi connectivity index (χ3v) is 5.19. The highest BCUT2D eigenvalue weighted by molar-refractivity contribution is 7.99. The number of carbonyl (C=O) groups excluding carboxylic acids is 1. The normalized spacial score (nSPS) is 10.8. The van der Waals surface area contributed by atoms with Crippen LogP contribution < -0.4 is 11.3 Å². The molecule has 0 unspecified atom stereocenters. The van der Waals surface area contributed by atoms with E-state index >= 15 is 0 Å². The van der Waals surface area contributed by atoms with Gasteiger partial charge in [-0.1, -0.05) is 41.7 Å². The number of para-hydroxylation sites is 1. The van der Waals surface area contributed by atoms with Crippen molar-refractivity contribution in [2.45, 2.75) is 23.0 Å². The fourth-order valence-corrected chi connectivity index (χ4v) is 3.87. The van der Waals surface area contributed by atoms with Crippen molar-refractivity contribution in [1.82, 2.24) is 24.7 Å². The second kappa shape index (κ2) is 9.42. The van der Waals surface area contributed by atoms with Crippen molar-refractivity contribution < 1.29 is 9.53 Å². The second-order valence-corrected chi connectivity index (χ2v) is 7.33. The van der Waals surface area contributed by atoms with Crippen molar-refractivity contribution in [3.05, 3.63) is 52.6 Å². The van der Waals surface area contributed by atoms with Crippen molar-refractivity contribution in [2.75, 3.05) is 18.1 Å². The zero-order chi connectivity index (χ0) is 19.9. The second-order valence-electron chi connectivity index (χ2n) is 5.43. The molecule has 3 N–H and O–H groups in total. The van der Waals surface area contributed by atoms with Gasteiger partial charge in [0.25, 0.3) is 5.56 Å². The molecule has 11 heteroatoms. The fourth-order valence-electron chi connectivity index (χ4n) is 2.30. The maximum atomic E-state index is 11.7. The minimum Gasteiger partial charge on any atom is -0.465 e. The average Bonchev–Trinajstić information content (AvgIpc) is 3.08. The smallest absolute Gasteiger partial charge is 0.316 e. The number of anilines is 1. The van der Waals surface area contributed by atoms with E-state index in [1.807, 2.05) is 34.9 Å². The molecule has 0 aliphatic heterocycles. The molecule has 0 aliphatic rings. The SMILES string of the molecule is CCOC(=O)CSc1nnc(CSc2nc(N)cc(=O)[nH]2)n1-c1ccccc1. The number of esters is 1. The van der Waals surface area contributed by atoms with Crippen LogP contribution >= 0.6 is 23.5 Å². The number of hydrogen-bond acceptors (Lipinski definition) is 9. The van der Waals surface area contributed by atoms with Gasteiger partial charge in [0.1, 0.15) is 11.6 Å². The predicted molar refractivity (Wildman–Crippen MR) is 108 cm³/mol. The van der Waals surface area contributed by atoms with Crippen molar-refractivity contribution in [1.29, 1.82) is 0 Å². The van der Waals surface area contributed by atoms with Crippen LogP contribution in [0, 0.1) is 0 Å². The molecule has 28 heavy (non-hydrogen) atoms. The summed E-state index contributed by atoms with van der Waals surface area (Å²) in [6, 6.07) is 10.8. The summed E-state index contributed by atoms with van der Waals surface area (Å²) in [6.45, 7) is 2.09. The number of ether oxygens (including phenoxy) is 1. The first-order valence-corrected chi connectivity index (χ1v) is 10.3. The molecular weight excluding hydrogens is 400 g/mol. The topological polar surface area (TPSA) is 129 Å². The van der Waals surface area contributed by atoms with E-state index in [2.05, 4.69) is 20.2 Å². The van der Waals surface area contributed by atoms with Crippen LogP contribution in [0.25, 0.3) is 5.69 Å². The minimum absolute atomic E-state index is 0.135. The molecule has 0 saturated carbocycles. The summed E-state index contributed by atoms with van der Waals surface area (Å²) >= 11 is 2.54. The molecule has 0 saturated heterocycles. The number of nitrogens with two attached hydrogens (primary N) is 1. The van der Waals surface area contributed by atoms with Crippen LogP contribution in [0.4, 0.5) is 5.82 Å². The maximum Gasteiger partial charge on any atom is 0.316 e. The van der Waals surface area contributed by atoms with Crippen molar-refractivity contribution in [2.24, 2.45) is 0 Å². The Bertz CT molecular complexity index is 1010. The first-order valence-electron chi connectivity index (χ1n) is 8.34. The molecule has 3 aromatic rings. The van der Waals surface area contributed by atoms with Gasteiger partial charge >= 0.3 is 5.97 Å². The summed E-state index contributed by atoms with van der Waals surface area (Å²) in [5.74, 6) is 1.02. The third-order valence-electron chi connectivity index (χ3n) is 3.42. The zero-order valence-electron chi connectivity index (χ0n) is 15.0. The number of nitrogens with zero attached hydrogens (tertiary/aromatic N) is 4. The molecule has 0 atom stereocenters. The van der Waals surface area contributed by atoms with Crippen molar-refractivity contribution >= 4 is 35.3 Å². The van der Waals surface area contributed by atoms with Crippen LogP contribution in [0.3, 0.4) is 0 Å². The van der Waals surface area contributed by atoms with E-state index in [0.29, 0.717) is 28.5 Å². The highest BCUT2D eigenvalue weighted by atomic mass is 32.2. The Balaban J connectivity index is 1.84. The van der Waals surface area contributed by atoms with Crippen LogP contribution in [0.15, 0.2) is 51.5 Å². The average molecular weight is 419 g/mol. The Morgan fingerprint density at radius 3 is 2.75 bits per heavy atom. The molecule has 3 rings (SSSR count). The van der Waals surface area contributed by atoms with Crippen LogP contribution in [0.1, 0.15) is 12.7 Å². The number of nitrogens with one attached hydrogen (secondary N) is 1. The van der Waals surface area contributed by atoms with Crippen molar-refractivity contribution in [3.8, 4) is 5.69 Å². The van der Waals surface area contributed by atoms with E-state index < -0.39 is 0 Å². The van der Waals surface area contributed by atoms with Gasteiger partial charge in [0.2, 0.25) is 0 Å². The molecule has 0 fully saturated rings. The lowest BCUT2D eigenvalue weighted by Crippen LogP contribution is -2.10. The molecule has 2 heterocycles. The molecule has 0 radical (unpaired) electrons. The van der Waals surface area contributed by atoms with E-state index in [1.165, 1.54) is 29.6 Å². The Hall–Kier alpha value is -2.79. The highest BCUT2D eigenvalue weighted by Crippen LogP contribution is 2.26. The van der Waals surface area contributed by atoms with Gasteiger partial charge in [-0.05, 0) is 19.1 Å². The Labute approximate surface area is 169 Å². The number of benzene rings is 1. The summed E-state index contributed by atoms with van der Waals surface area (Å²) < 4.78 is 6.83.